The summed E-state index contributed by atoms with van der Waals surface area (Å²) >= 11 is 0. The summed E-state index contributed by atoms with van der Waals surface area (Å²) in [7, 11) is 0. The maximum Gasteiger partial charge on any atom is 0.449 e. The van der Waals surface area contributed by atoms with Gasteiger partial charge in [0.05, 0.1) is 24.2 Å². The lowest BCUT2D eigenvalue weighted by atomic mass is 9.96. The first-order chi connectivity index (χ1) is 14.3. The highest BCUT2D eigenvalue weighted by atomic mass is 19.4. The van der Waals surface area contributed by atoms with Crippen molar-refractivity contribution in [3.63, 3.8) is 0 Å². The second-order valence-electron chi connectivity index (χ2n) is 7.33. The van der Waals surface area contributed by atoms with Gasteiger partial charge in [-0.15, -0.1) is 0 Å². The minimum atomic E-state index is -4.52. The predicted molar refractivity (Wildman–Crippen MR) is 104 cm³/mol. The van der Waals surface area contributed by atoms with Gasteiger partial charge in [0, 0.05) is 6.54 Å². The van der Waals surface area contributed by atoms with Gasteiger partial charge in [0.2, 0.25) is 11.7 Å². The minimum absolute atomic E-state index is 0.0579. The maximum absolute atomic E-state index is 13.5. The van der Waals surface area contributed by atoms with Crippen molar-refractivity contribution >= 4 is 22.9 Å². The van der Waals surface area contributed by atoms with Gasteiger partial charge >= 0.3 is 12.1 Å². The molecule has 0 saturated carbocycles. The van der Waals surface area contributed by atoms with Crippen molar-refractivity contribution in [2.24, 2.45) is 5.92 Å². The molecule has 1 amide bonds. The van der Waals surface area contributed by atoms with Gasteiger partial charge < -0.3 is 14.6 Å². The fourth-order valence-corrected chi connectivity index (χ4v) is 3.70. The van der Waals surface area contributed by atoms with Crippen LogP contribution < -0.4 is 5.32 Å². The van der Waals surface area contributed by atoms with Crippen LogP contribution in [0.15, 0.2) is 24.3 Å². The van der Waals surface area contributed by atoms with Crippen LogP contribution in [0.5, 0.6) is 0 Å². The van der Waals surface area contributed by atoms with E-state index in [2.05, 4.69) is 10.3 Å². The molecule has 0 radical (unpaired) electrons. The SMILES string of the molecule is CCOC(=O)CNC(=O)CN1CCC(Cn2c(C(F)(F)F)nc3ccccc32)CC1. The number of rotatable bonds is 7. The molecule has 0 aliphatic carbocycles. The van der Waals surface area contributed by atoms with Crippen molar-refractivity contribution in [1.29, 1.82) is 0 Å². The van der Waals surface area contributed by atoms with E-state index in [1.807, 2.05) is 4.90 Å². The highest BCUT2D eigenvalue weighted by molar-refractivity contribution is 5.83. The first kappa shape index (κ1) is 22.1. The summed E-state index contributed by atoms with van der Waals surface area (Å²) < 4.78 is 46.4. The number of halogens is 3. The number of hydrogen-bond acceptors (Lipinski definition) is 5. The van der Waals surface area contributed by atoms with Crippen LogP contribution in [-0.2, 0) is 27.0 Å². The molecule has 1 N–H and O–H groups in total. The Morgan fingerprint density at radius 1 is 1.23 bits per heavy atom. The first-order valence-corrected chi connectivity index (χ1v) is 9.95. The van der Waals surface area contributed by atoms with Crippen molar-refractivity contribution in [3.05, 3.63) is 30.1 Å². The summed E-state index contributed by atoms with van der Waals surface area (Å²) in [6, 6.07) is 6.61. The number of fused-ring (bicyclic) bond motifs is 1. The van der Waals surface area contributed by atoms with Crippen LogP contribution in [0.25, 0.3) is 11.0 Å². The number of nitrogens with zero attached hydrogens (tertiary/aromatic N) is 3. The van der Waals surface area contributed by atoms with Gasteiger partial charge in [0.25, 0.3) is 0 Å². The van der Waals surface area contributed by atoms with Gasteiger partial charge in [0.1, 0.15) is 6.54 Å². The van der Waals surface area contributed by atoms with E-state index in [1.165, 1.54) is 4.57 Å². The van der Waals surface area contributed by atoms with E-state index in [-0.39, 0.29) is 38.1 Å². The van der Waals surface area contributed by atoms with Crippen LogP contribution in [0.3, 0.4) is 0 Å². The number of nitrogens with one attached hydrogen (secondary N) is 1. The predicted octanol–water partition coefficient (Wildman–Crippen LogP) is 2.45. The van der Waals surface area contributed by atoms with Gasteiger partial charge in [-0.2, -0.15) is 13.2 Å². The van der Waals surface area contributed by atoms with Gasteiger partial charge in [-0.1, -0.05) is 12.1 Å². The van der Waals surface area contributed by atoms with Crippen molar-refractivity contribution in [2.45, 2.75) is 32.5 Å². The molecule has 1 aliphatic heterocycles. The van der Waals surface area contributed by atoms with Crippen LogP contribution in [0.4, 0.5) is 13.2 Å². The van der Waals surface area contributed by atoms with E-state index in [4.69, 9.17) is 4.74 Å². The quantitative estimate of drug-likeness (QED) is 0.689. The zero-order valence-electron chi connectivity index (χ0n) is 16.7. The average molecular weight is 426 g/mol. The van der Waals surface area contributed by atoms with Crippen LogP contribution in [0.1, 0.15) is 25.6 Å². The number of benzene rings is 1. The highest BCUT2D eigenvalue weighted by Crippen LogP contribution is 2.33. The molecule has 7 nitrogen and oxygen atoms in total. The van der Waals surface area contributed by atoms with Gasteiger partial charge in [-0.05, 0) is 50.9 Å². The van der Waals surface area contributed by atoms with Crippen molar-refractivity contribution in [2.75, 3.05) is 32.8 Å². The lowest BCUT2D eigenvalue weighted by Crippen LogP contribution is -2.43. The Kier molecular flexibility index (Phi) is 6.96. The molecule has 10 heteroatoms. The number of aromatic nitrogens is 2. The third-order valence-electron chi connectivity index (χ3n) is 5.16. The molecule has 30 heavy (non-hydrogen) atoms. The smallest absolute Gasteiger partial charge is 0.449 e. The summed E-state index contributed by atoms with van der Waals surface area (Å²) in [4.78, 5) is 29.0. The lowest BCUT2D eigenvalue weighted by molar-refractivity contribution is -0.147. The fourth-order valence-electron chi connectivity index (χ4n) is 3.70. The lowest BCUT2D eigenvalue weighted by Gasteiger charge is -2.32. The molecule has 1 aromatic carbocycles. The van der Waals surface area contributed by atoms with E-state index < -0.39 is 18.0 Å². The van der Waals surface area contributed by atoms with Gasteiger partial charge in [-0.3, -0.25) is 14.5 Å². The standard InChI is InChI=1S/C20H25F3N4O3/c1-2-30-18(29)11-24-17(28)13-26-9-7-14(8-10-26)12-27-16-6-4-3-5-15(16)25-19(27)20(21,22)23/h3-6,14H,2,7-13H2,1H3,(H,24,28). The minimum Gasteiger partial charge on any atom is -0.465 e. The second kappa shape index (κ2) is 9.46. The van der Waals surface area contributed by atoms with Crippen molar-refractivity contribution in [3.8, 4) is 0 Å². The van der Waals surface area contributed by atoms with Gasteiger partial charge in [-0.25, -0.2) is 4.98 Å². The molecule has 1 aliphatic rings. The summed E-state index contributed by atoms with van der Waals surface area (Å²) in [6.07, 6.45) is -3.17. The molecule has 0 atom stereocenters. The molecule has 2 heterocycles. The largest absolute Gasteiger partial charge is 0.465 e. The fraction of sp³-hybridized carbons (Fsp3) is 0.550. The van der Waals surface area contributed by atoms with E-state index in [1.54, 1.807) is 31.2 Å². The van der Waals surface area contributed by atoms with Crippen molar-refractivity contribution in [1.82, 2.24) is 19.8 Å². The first-order valence-electron chi connectivity index (χ1n) is 9.95. The molecule has 3 rings (SSSR count). The third-order valence-corrected chi connectivity index (χ3v) is 5.16. The molecule has 0 bridgehead atoms. The number of piperidine rings is 1. The number of carbonyl (C=O) groups is 2. The molecule has 164 valence electrons. The highest BCUT2D eigenvalue weighted by Gasteiger charge is 2.38. The summed E-state index contributed by atoms with van der Waals surface area (Å²) in [5.41, 5.74) is 0.811. The Morgan fingerprint density at radius 3 is 2.60 bits per heavy atom. The Balaban J connectivity index is 1.55. The molecule has 1 fully saturated rings. The van der Waals surface area contributed by atoms with Gasteiger partial charge in [0.15, 0.2) is 0 Å². The molecule has 0 unspecified atom stereocenters. The zero-order chi connectivity index (χ0) is 21.7. The monoisotopic (exact) mass is 426 g/mol. The third kappa shape index (κ3) is 5.50. The van der Waals surface area contributed by atoms with E-state index in [0.717, 1.165) is 0 Å². The molecule has 1 saturated heterocycles. The van der Waals surface area contributed by atoms with Crippen LogP contribution >= 0.6 is 0 Å². The number of likely N-dealkylation sites (tertiary alicyclic amines) is 1. The Labute approximate surface area is 172 Å². The Bertz CT molecular complexity index is 889. The number of alkyl halides is 3. The second-order valence-corrected chi connectivity index (χ2v) is 7.33. The van der Waals surface area contributed by atoms with E-state index >= 15 is 0 Å². The number of amides is 1. The molecule has 2 aromatic rings. The maximum atomic E-state index is 13.5. The molecule has 0 spiro atoms. The molecule has 1 aromatic heterocycles. The number of esters is 1. The Hall–Kier alpha value is -2.62. The average Bonchev–Trinajstić information content (AvgIpc) is 3.07. The van der Waals surface area contributed by atoms with Crippen LogP contribution in [0.2, 0.25) is 0 Å². The number of imidazole rings is 1. The topological polar surface area (TPSA) is 76.5 Å². The molecular formula is C20H25F3N4O3. The summed E-state index contributed by atoms with van der Waals surface area (Å²) in [5, 5.41) is 2.51. The van der Waals surface area contributed by atoms with E-state index in [0.29, 0.717) is 37.0 Å². The summed E-state index contributed by atoms with van der Waals surface area (Å²) in [5.74, 6) is -1.58. The van der Waals surface area contributed by atoms with E-state index in [9.17, 15) is 22.8 Å². The number of carbonyl (C=O) groups excluding carboxylic acids is 2. The van der Waals surface area contributed by atoms with Crippen LogP contribution in [-0.4, -0.2) is 59.1 Å². The Morgan fingerprint density at radius 2 is 1.93 bits per heavy atom. The zero-order valence-corrected chi connectivity index (χ0v) is 16.7. The van der Waals surface area contributed by atoms with Crippen molar-refractivity contribution < 1.29 is 27.5 Å². The number of para-hydroxylation sites is 2. The van der Waals surface area contributed by atoms with Crippen LogP contribution in [0, 0.1) is 5.92 Å². The summed E-state index contributed by atoms with van der Waals surface area (Å²) in [6.45, 7) is 3.36. The molecular weight excluding hydrogens is 401 g/mol. The normalized spacial score (nSPS) is 16.0. The number of ether oxygens (including phenoxy) is 1. The number of hydrogen-bond donors (Lipinski definition) is 1.